The van der Waals surface area contributed by atoms with Gasteiger partial charge in [-0.3, -0.25) is 9.69 Å². The first-order valence-corrected chi connectivity index (χ1v) is 6.15. The summed E-state index contributed by atoms with van der Waals surface area (Å²) in [6, 6.07) is 0.373. The summed E-state index contributed by atoms with van der Waals surface area (Å²) in [6.07, 6.45) is 3.62. The first-order valence-electron chi connectivity index (χ1n) is 6.15. The molecular formula is C14H27NO. The molecule has 0 amide bonds. The third-order valence-corrected chi connectivity index (χ3v) is 3.44. The summed E-state index contributed by atoms with van der Waals surface area (Å²) >= 11 is 0. The van der Waals surface area contributed by atoms with Crippen LogP contribution >= 0.6 is 0 Å². The summed E-state index contributed by atoms with van der Waals surface area (Å²) in [4.78, 5) is 14.5. The summed E-state index contributed by atoms with van der Waals surface area (Å²) in [7, 11) is 2.04. The smallest absolute Gasteiger partial charge is 0.155 e. The molecule has 0 bridgehead atoms. The van der Waals surface area contributed by atoms with Crippen molar-refractivity contribution in [2.24, 2.45) is 5.92 Å². The van der Waals surface area contributed by atoms with Crippen LogP contribution in [0.4, 0.5) is 0 Å². The van der Waals surface area contributed by atoms with E-state index in [0.29, 0.717) is 11.8 Å². The summed E-state index contributed by atoms with van der Waals surface area (Å²) in [6.45, 7) is 14.0. The normalized spacial score (nSPS) is 15.6. The molecule has 0 saturated heterocycles. The lowest BCUT2D eigenvalue weighted by atomic mass is 9.83. The summed E-state index contributed by atoms with van der Waals surface area (Å²) < 4.78 is 0. The lowest BCUT2D eigenvalue weighted by Gasteiger charge is -2.41. The molecule has 0 saturated carbocycles. The molecule has 0 aromatic carbocycles. The quantitative estimate of drug-likeness (QED) is 0.620. The van der Waals surface area contributed by atoms with E-state index in [1.54, 1.807) is 0 Å². The van der Waals surface area contributed by atoms with Crippen molar-refractivity contribution in [1.29, 1.82) is 0 Å². The van der Waals surface area contributed by atoms with Crippen molar-refractivity contribution in [2.75, 3.05) is 7.05 Å². The molecule has 0 N–H and O–H groups in total. The van der Waals surface area contributed by atoms with E-state index in [1.165, 1.54) is 0 Å². The minimum Gasteiger partial charge on any atom is -0.297 e. The Morgan fingerprint density at radius 1 is 1.38 bits per heavy atom. The predicted octanol–water partition coefficient (Wildman–Crippen LogP) is 3.28. The second-order valence-electron chi connectivity index (χ2n) is 5.32. The second kappa shape index (κ2) is 6.19. The van der Waals surface area contributed by atoms with Crippen molar-refractivity contribution in [3.05, 3.63) is 12.7 Å². The molecule has 0 unspecified atom stereocenters. The van der Waals surface area contributed by atoms with Gasteiger partial charge in [0.1, 0.15) is 0 Å². The lowest BCUT2D eigenvalue weighted by molar-refractivity contribution is -0.134. The Hall–Kier alpha value is -0.630. The molecule has 16 heavy (non-hydrogen) atoms. The third kappa shape index (κ3) is 3.44. The van der Waals surface area contributed by atoms with Gasteiger partial charge in [0.25, 0.3) is 0 Å². The molecule has 0 fully saturated rings. The van der Waals surface area contributed by atoms with Crippen LogP contribution in [-0.4, -0.2) is 29.3 Å². The Labute approximate surface area is 101 Å². The topological polar surface area (TPSA) is 20.3 Å². The van der Waals surface area contributed by atoms with E-state index >= 15 is 0 Å². The van der Waals surface area contributed by atoms with E-state index in [9.17, 15) is 4.79 Å². The first kappa shape index (κ1) is 15.4. The third-order valence-electron chi connectivity index (χ3n) is 3.44. The number of ketones is 1. The van der Waals surface area contributed by atoms with Gasteiger partial charge in [-0.25, -0.2) is 0 Å². The zero-order chi connectivity index (χ0) is 12.9. The fraction of sp³-hybridized carbons (Fsp3) is 0.786. The zero-order valence-electron chi connectivity index (χ0n) is 11.7. The van der Waals surface area contributed by atoms with Gasteiger partial charge in [0.2, 0.25) is 0 Å². The maximum atomic E-state index is 12.3. The van der Waals surface area contributed by atoms with Crippen LogP contribution in [0.1, 0.15) is 47.5 Å². The highest BCUT2D eigenvalue weighted by Gasteiger charge is 2.38. The molecule has 0 heterocycles. The molecule has 0 aromatic rings. The maximum absolute atomic E-state index is 12.3. The molecule has 0 aliphatic rings. The number of carbonyl (C=O) groups excluding carboxylic acids is 1. The van der Waals surface area contributed by atoms with Crippen LogP contribution in [0.5, 0.6) is 0 Å². The summed E-state index contributed by atoms with van der Waals surface area (Å²) in [5.41, 5.74) is -0.365. The molecule has 1 atom stereocenters. The fourth-order valence-electron chi connectivity index (χ4n) is 2.05. The van der Waals surface area contributed by atoms with Crippen LogP contribution in [0, 0.1) is 5.92 Å². The molecule has 2 nitrogen and oxygen atoms in total. The summed E-state index contributed by atoms with van der Waals surface area (Å²) in [5, 5.41) is 0. The molecule has 94 valence electrons. The van der Waals surface area contributed by atoms with Crippen LogP contribution in [0.15, 0.2) is 12.7 Å². The minimum atomic E-state index is -0.365. The molecular weight excluding hydrogens is 198 g/mol. The van der Waals surface area contributed by atoms with Crippen molar-refractivity contribution in [1.82, 2.24) is 4.90 Å². The Bertz CT molecular complexity index is 245. The van der Waals surface area contributed by atoms with Gasteiger partial charge in [-0.2, -0.15) is 0 Å². The van der Waals surface area contributed by atoms with E-state index in [1.807, 2.05) is 27.0 Å². The summed E-state index contributed by atoms with van der Waals surface area (Å²) in [5.74, 6) is 0.404. The van der Waals surface area contributed by atoms with Gasteiger partial charge >= 0.3 is 0 Å². The number of rotatable bonds is 7. The monoisotopic (exact) mass is 225 g/mol. The molecule has 0 aliphatic heterocycles. The van der Waals surface area contributed by atoms with Gasteiger partial charge in [-0.1, -0.05) is 19.9 Å². The van der Waals surface area contributed by atoms with Crippen LogP contribution in [0.2, 0.25) is 0 Å². The average molecular weight is 225 g/mol. The van der Waals surface area contributed by atoms with E-state index in [-0.39, 0.29) is 11.5 Å². The number of allylic oxidation sites excluding steroid dienone is 1. The SMILES string of the molecule is C=CCC[C@](C)(C(=O)C(C)C)N(C)C(C)C. The van der Waals surface area contributed by atoms with Gasteiger partial charge in [0.05, 0.1) is 5.54 Å². The van der Waals surface area contributed by atoms with Crippen molar-refractivity contribution in [2.45, 2.75) is 59.0 Å². The zero-order valence-corrected chi connectivity index (χ0v) is 11.7. The number of nitrogens with zero attached hydrogens (tertiary/aromatic N) is 1. The molecule has 0 spiro atoms. The van der Waals surface area contributed by atoms with Gasteiger partial charge in [-0.15, -0.1) is 6.58 Å². The highest BCUT2D eigenvalue weighted by atomic mass is 16.1. The van der Waals surface area contributed by atoms with E-state index < -0.39 is 0 Å². The number of likely N-dealkylation sites (N-methyl/N-ethyl adjacent to an activating group) is 1. The molecule has 0 aliphatic carbocycles. The molecule has 2 heteroatoms. The van der Waals surface area contributed by atoms with Crippen molar-refractivity contribution >= 4 is 5.78 Å². The average Bonchev–Trinajstić information content (AvgIpc) is 2.23. The highest BCUT2D eigenvalue weighted by Crippen LogP contribution is 2.26. The number of carbonyl (C=O) groups is 1. The molecule has 0 rings (SSSR count). The van der Waals surface area contributed by atoms with Gasteiger partial charge < -0.3 is 0 Å². The largest absolute Gasteiger partial charge is 0.297 e. The molecule has 0 aromatic heterocycles. The first-order chi connectivity index (χ1) is 7.27. The Balaban J connectivity index is 5.01. The van der Waals surface area contributed by atoms with Gasteiger partial charge in [0.15, 0.2) is 5.78 Å². The Morgan fingerprint density at radius 2 is 1.88 bits per heavy atom. The van der Waals surface area contributed by atoms with Crippen molar-refractivity contribution < 1.29 is 4.79 Å². The minimum absolute atomic E-state index is 0.0796. The number of hydrogen-bond donors (Lipinski definition) is 0. The molecule has 0 radical (unpaired) electrons. The van der Waals surface area contributed by atoms with Crippen molar-refractivity contribution in [3.63, 3.8) is 0 Å². The highest BCUT2D eigenvalue weighted by molar-refractivity contribution is 5.89. The van der Waals surface area contributed by atoms with Crippen LogP contribution < -0.4 is 0 Å². The van der Waals surface area contributed by atoms with Gasteiger partial charge in [-0.05, 0) is 40.7 Å². The lowest BCUT2D eigenvalue weighted by Crippen LogP contribution is -2.54. The Morgan fingerprint density at radius 3 is 2.19 bits per heavy atom. The van der Waals surface area contributed by atoms with E-state index in [2.05, 4.69) is 32.3 Å². The maximum Gasteiger partial charge on any atom is 0.155 e. The van der Waals surface area contributed by atoms with E-state index in [0.717, 1.165) is 12.8 Å². The number of hydrogen-bond acceptors (Lipinski definition) is 2. The van der Waals surface area contributed by atoms with Gasteiger partial charge in [0, 0.05) is 12.0 Å². The van der Waals surface area contributed by atoms with Crippen LogP contribution in [-0.2, 0) is 4.79 Å². The van der Waals surface area contributed by atoms with Crippen LogP contribution in [0.25, 0.3) is 0 Å². The standard InChI is InChI=1S/C14H27NO/c1-8-9-10-14(6,13(16)11(2)3)15(7)12(4)5/h8,11-12H,1,9-10H2,2-7H3/t14-/m1/s1. The van der Waals surface area contributed by atoms with E-state index in [4.69, 9.17) is 0 Å². The predicted molar refractivity (Wildman–Crippen MR) is 70.6 cm³/mol. The fourth-order valence-corrected chi connectivity index (χ4v) is 2.05. The van der Waals surface area contributed by atoms with Crippen LogP contribution in [0.3, 0.4) is 0 Å². The van der Waals surface area contributed by atoms with Crippen molar-refractivity contribution in [3.8, 4) is 0 Å². The second-order valence-corrected chi connectivity index (χ2v) is 5.32. The Kier molecular flexibility index (Phi) is 5.95. The number of Topliss-reactive ketones (excluding diaryl/α,β-unsaturated/α-hetero) is 1.